The number of rotatable bonds is 34. The third-order valence-corrected chi connectivity index (χ3v) is 9.00. The first-order chi connectivity index (χ1) is 20.1. The number of hydrogen-bond donors (Lipinski definition) is 1. The third kappa shape index (κ3) is 28.0. The predicted molar refractivity (Wildman–Crippen MR) is 181 cm³/mol. The molecule has 0 fully saturated rings. The number of hydrogen-bond acceptors (Lipinski definition) is 3. The van der Waals surface area contributed by atoms with E-state index in [0.717, 1.165) is 38.5 Å². The molecule has 0 saturated heterocycles. The molecule has 0 aliphatic rings. The van der Waals surface area contributed by atoms with Crippen LogP contribution in [0.3, 0.4) is 0 Å². The zero-order chi connectivity index (χ0) is 30.1. The van der Waals surface area contributed by atoms with Gasteiger partial charge in [0, 0.05) is 0 Å². The van der Waals surface area contributed by atoms with Gasteiger partial charge in [0.2, 0.25) is 0 Å². The lowest BCUT2D eigenvalue weighted by Gasteiger charge is -2.26. The molecular formula is C38H76O3. The third-order valence-electron chi connectivity index (χ3n) is 9.00. The summed E-state index contributed by atoms with van der Waals surface area (Å²) in [7, 11) is 0. The Morgan fingerprint density at radius 2 is 0.659 bits per heavy atom. The summed E-state index contributed by atoms with van der Waals surface area (Å²) in [5.74, 6) is -0.350. The number of aliphatic hydroxyl groups is 1. The molecule has 0 aliphatic heterocycles. The molecule has 0 amide bonds. The van der Waals surface area contributed by atoms with Gasteiger partial charge in [0.15, 0.2) is 5.60 Å². The van der Waals surface area contributed by atoms with E-state index in [-0.39, 0.29) is 5.97 Å². The number of ether oxygens (including phenoxy) is 1. The van der Waals surface area contributed by atoms with E-state index in [4.69, 9.17) is 4.74 Å². The van der Waals surface area contributed by atoms with E-state index in [1.807, 2.05) is 0 Å². The highest BCUT2D eigenvalue weighted by atomic mass is 16.5. The van der Waals surface area contributed by atoms with Crippen LogP contribution in [-0.2, 0) is 9.53 Å². The second-order valence-electron chi connectivity index (χ2n) is 13.2. The van der Waals surface area contributed by atoms with Gasteiger partial charge in [-0.25, -0.2) is 4.79 Å². The van der Waals surface area contributed by atoms with Gasteiger partial charge in [-0.15, -0.1) is 0 Å². The van der Waals surface area contributed by atoms with Gasteiger partial charge in [0.25, 0.3) is 0 Å². The van der Waals surface area contributed by atoms with Gasteiger partial charge < -0.3 is 9.84 Å². The summed E-state index contributed by atoms with van der Waals surface area (Å²) in [6.45, 7) is 7.25. The minimum absolute atomic E-state index is 0.350. The second-order valence-corrected chi connectivity index (χ2v) is 13.2. The average Bonchev–Trinajstić information content (AvgIpc) is 2.97. The van der Waals surface area contributed by atoms with E-state index in [1.165, 1.54) is 154 Å². The summed E-state index contributed by atoms with van der Waals surface area (Å²) in [4.78, 5) is 13.0. The summed E-state index contributed by atoms with van der Waals surface area (Å²) >= 11 is 0. The van der Waals surface area contributed by atoms with Crippen LogP contribution in [-0.4, -0.2) is 23.3 Å². The largest absolute Gasteiger partial charge is 0.464 e. The number of carbonyl (C=O) groups excluding carboxylic acids is 1. The Bertz CT molecular complexity index is 520. The first-order valence-corrected chi connectivity index (χ1v) is 19.0. The van der Waals surface area contributed by atoms with Crippen molar-refractivity contribution in [2.45, 2.75) is 232 Å². The van der Waals surface area contributed by atoms with Gasteiger partial charge in [-0.2, -0.15) is 0 Å². The van der Waals surface area contributed by atoms with E-state index in [9.17, 15) is 9.90 Å². The Morgan fingerprint density at radius 3 is 0.951 bits per heavy atom. The summed E-state index contributed by atoms with van der Waals surface area (Å²) in [6.07, 6.45) is 39.3. The summed E-state index contributed by atoms with van der Waals surface area (Å²) < 4.78 is 5.64. The smallest absolute Gasteiger partial charge is 0.338 e. The van der Waals surface area contributed by atoms with Crippen LogP contribution in [0.5, 0.6) is 0 Å². The Morgan fingerprint density at radius 1 is 0.415 bits per heavy atom. The first kappa shape index (κ1) is 40.4. The molecule has 0 spiro atoms. The van der Waals surface area contributed by atoms with E-state index in [1.54, 1.807) is 0 Å². The van der Waals surface area contributed by atoms with Gasteiger partial charge in [-0.1, -0.05) is 194 Å². The van der Waals surface area contributed by atoms with E-state index in [0.29, 0.717) is 19.4 Å². The molecule has 246 valence electrons. The molecular weight excluding hydrogens is 504 g/mol. The molecule has 0 saturated carbocycles. The quantitative estimate of drug-likeness (QED) is 0.0608. The minimum Gasteiger partial charge on any atom is -0.464 e. The van der Waals surface area contributed by atoms with Crippen molar-refractivity contribution < 1.29 is 14.6 Å². The highest BCUT2D eigenvalue weighted by molar-refractivity contribution is 5.79. The number of unbranched alkanes of at least 4 members (excludes halogenated alkanes) is 27. The van der Waals surface area contributed by atoms with Crippen LogP contribution in [0.1, 0.15) is 226 Å². The van der Waals surface area contributed by atoms with Gasteiger partial charge in [-0.3, -0.25) is 0 Å². The number of esters is 1. The zero-order valence-electron chi connectivity index (χ0n) is 28.6. The highest BCUT2D eigenvalue weighted by Gasteiger charge is 2.36. The predicted octanol–water partition coefficient (Wildman–Crippen LogP) is 12.8. The van der Waals surface area contributed by atoms with Crippen LogP contribution in [0.4, 0.5) is 0 Å². The summed E-state index contributed by atoms with van der Waals surface area (Å²) in [5.41, 5.74) is -1.28. The van der Waals surface area contributed by atoms with Crippen LogP contribution in [0.2, 0.25) is 0 Å². The standard InChI is InChI=1S/C38H76O3/c1-4-7-10-13-16-18-20-21-22-23-25-27-29-32-35-38(40,37(39)41-36-33-30-15-12-9-6-3)34-31-28-26-24-19-17-14-11-8-5-2/h40H,4-36H2,1-3H3. The molecule has 0 aromatic rings. The molecule has 1 N–H and O–H groups in total. The van der Waals surface area contributed by atoms with Crippen molar-refractivity contribution in [2.75, 3.05) is 6.61 Å². The lowest BCUT2D eigenvalue weighted by molar-refractivity contribution is -0.167. The van der Waals surface area contributed by atoms with Crippen LogP contribution >= 0.6 is 0 Å². The Balaban J connectivity index is 4.16. The van der Waals surface area contributed by atoms with Crippen molar-refractivity contribution in [1.82, 2.24) is 0 Å². The van der Waals surface area contributed by atoms with Gasteiger partial charge in [0.1, 0.15) is 0 Å². The Labute approximate surface area is 258 Å². The Kier molecular flexibility index (Phi) is 31.9. The minimum atomic E-state index is -1.28. The second kappa shape index (κ2) is 32.3. The molecule has 0 rings (SSSR count). The normalized spacial score (nSPS) is 13.0. The van der Waals surface area contributed by atoms with Crippen LogP contribution in [0.15, 0.2) is 0 Å². The molecule has 1 atom stereocenters. The van der Waals surface area contributed by atoms with Gasteiger partial charge in [0.05, 0.1) is 6.61 Å². The SMILES string of the molecule is CCCCCCCCCCCCCCCCC(O)(CCCCCCCCCCCC)C(=O)OCCCCCCCC. The van der Waals surface area contributed by atoms with Crippen LogP contribution in [0, 0.1) is 0 Å². The van der Waals surface area contributed by atoms with E-state index in [2.05, 4.69) is 20.8 Å². The average molecular weight is 581 g/mol. The molecule has 41 heavy (non-hydrogen) atoms. The van der Waals surface area contributed by atoms with Crippen molar-refractivity contribution in [3.63, 3.8) is 0 Å². The van der Waals surface area contributed by atoms with E-state index >= 15 is 0 Å². The highest BCUT2D eigenvalue weighted by Crippen LogP contribution is 2.26. The molecule has 0 aromatic heterocycles. The molecule has 3 nitrogen and oxygen atoms in total. The maximum atomic E-state index is 13.0. The molecule has 0 heterocycles. The molecule has 0 bridgehead atoms. The van der Waals surface area contributed by atoms with Crippen LogP contribution < -0.4 is 0 Å². The van der Waals surface area contributed by atoms with Crippen LogP contribution in [0.25, 0.3) is 0 Å². The van der Waals surface area contributed by atoms with Crippen molar-refractivity contribution in [3.8, 4) is 0 Å². The fourth-order valence-corrected chi connectivity index (χ4v) is 6.03. The zero-order valence-corrected chi connectivity index (χ0v) is 28.6. The first-order valence-electron chi connectivity index (χ1n) is 19.0. The summed E-state index contributed by atoms with van der Waals surface area (Å²) in [5, 5.41) is 11.4. The fraction of sp³-hybridized carbons (Fsp3) is 0.974. The molecule has 0 aromatic carbocycles. The van der Waals surface area contributed by atoms with Crippen molar-refractivity contribution in [3.05, 3.63) is 0 Å². The number of carbonyl (C=O) groups is 1. The monoisotopic (exact) mass is 581 g/mol. The summed E-state index contributed by atoms with van der Waals surface area (Å²) in [6, 6.07) is 0. The van der Waals surface area contributed by atoms with Crippen molar-refractivity contribution in [2.24, 2.45) is 0 Å². The topological polar surface area (TPSA) is 46.5 Å². The maximum Gasteiger partial charge on any atom is 0.338 e. The lowest BCUT2D eigenvalue weighted by atomic mass is 9.89. The molecule has 0 radical (unpaired) electrons. The van der Waals surface area contributed by atoms with E-state index < -0.39 is 5.60 Å². The Hall–Kier alpha value is -0.570. The maximum absolute atomic E-state index is 13.0. The lowest BCUT2D eigenvalue weighted by Crippen LogP contribution is -2.40. The fourth-order valence-electron chi connectivity index (χ4n) is 6.03. The van der Waals surface area contributed by atoms with Crippen molar-refractivity contribution >= 4 is 5.97 Å². The van der Waals surface area contributed by atoms with Gasteiger partial charge in [-0.05, 0) is 32.1 Å². The van der Waals surface area contributed by atoms with Gasteiger partial charge >= 0.3 is 5.97 Å². The molecule has 0 aliphatic carbocycles. The van der Waals surface area contributed by atoms with Crippen molar-refractivity contribution in [1.29, 1.82) is 0 Å². The molecule has 1 unspecified atom stereocenters. The molecule has 3 heteroatoms.